The smallest absolute Gasteiger partial charge is 0.320 e. The third-order valence-electron chi connectivity index (χ3n) is 3.91. The summed E-state index contributed by atoms with van der Waals surface area (Å²) in [5.41, 5.74) is 0.471. The lowest BCUT2D eigenvalue weighted by molar-refractivity contribution is 0.138. The number of likely N-dealkylation sites (N-methyl/N-ethyl adjacent to an activating group) is 1. The molecule has 0 aliphatic carbocycles. The summed E-state index contributed by atoms with van der Waals surface area (Å²) in [6.45, 7) is 8.08. The van der Waals surface area contributed by atoms with Gasteiger partial charge in [-0.3, -0.25) is 5.32 Å². The van der Waals surface area contributed by atoms with Crippen LogP contribution in [0.4, 0.5) is 10.6 Å². The van der Waals surface area contributed by atoms with E-state index in [1.807, 2.05) is 6.07 Å². The van der Waals surface area contributed by atoms with E-state index in [1.54, 1.807) is 12.1 Å². The zero-order valence-electron chi connectivity index (χ0n) is 13.7. The third kappa shape index (κ3) is 5.85. The molecule has 2 N–H and O–H groups in total. The van der Waals surface area contributed by atoms with Crippen LogP contribution in [0.3, 0.4) is 0 Å². The molecule has 2 amide bonds. The lowest BCUT2D eigenvalue weighted by atomic mass is 10.1. The van der Waals surface area contributed by atoms with Crippen molar-refractivity contribution in [1.29, 1.82) is 5.26 Å². The van der Waals surface area contributed by atoms with Gasteiger partial charge < -0.3 is 15.1 Å². The summed E-state index contributed by atoms with van der Waals surface area (Å²) >= 11 is 0. The van der Waals surface area contributed by atoms with Gasteiger partial charge in [-0.2, -0.15) is 5.26 Å². The molecule has 0 radical (unpaired) electrons. The Morgan fingerprint density at radius 3 is 2.87 bits per heavy atom. The fraction of sp³-hybridized carbons (Fsp3) is 0.562. The van der Waals surface area contributed by atoms with E-state index in [0.717, 1.165) is 32.7 Å². The van der Waals surface area contributed by atoms with Crippen molar-refractivity contribution in [2.24, 2.45) is 5.92 Å². The van der Waals surface area contributed by atoms with Gasteiger partial charge in [0.15, 0.2) is 0 Å². The number of pyridine rings is 1. The SMILES string of the molecule is CC(CNC(=O)Nc1cc(C#N)ccn1)CN1CCN(C)CC1. The summed E-state index contributed by atoms with van der Waals surface area (Å²) < 4.78 is 0. The summed E-state index contributed by atoms with van der Waals surface area (Å²) in [5, 5.41) is 14.3. The first-order chi connectivity index (χ1) is 11.1. The van der Waals surface area contributed by atoms with Gasteiger partial charge in [0.2, 0.25) is 0 Å². The van der Waals surface area contributed by atoms with Crippen molar-refractivity contribution >= 4 is 11.8 Å². The number of urea groups is 1. The predicted octanol–water partition coefficient (Wildman–Crippen LogP) is 0.958. The van der Waals surface area contributed by atoms with E-state index in [-0.39, 0.29) is 6.03 Å². The minimum absolute atomic E-state index is 0.294. The number of hydrogen-bond acceptors (Lipinski definition) is 5. The molecule has 1 aliphatic heterocycles. The van der Waals surface area contributed by atoms with Crippen LogP contribution in [-0.4, -0.2) is 67.1 Å². The molecule has 2 heterocycles. The van der Waals surface area contributed by atoms with Gasteiger partial charge in [-0.05, 0) is 25.1 Å². The molecule has 1 unspecified atom stereocenters. The predicted molar refractivity (Wildman–Crippen MR) is 89.1 cm³/mol. The molecule has 0 spiro atoms. The summed E-state index contributed by atoms with van der Waals surface area (Å²) in [6, 6.07) is 4.87. The van der Waals surface area contributed by atoms with Crippen LogP contribution in [0.2, 0.25) is 0 Å². The van der Waals surface area contributed by atoms with Crippen molar-refractivity contribution in [3.05, 3.63) is 23.9 Å². The number of nitrogens with one attached hydrogen (secondary N) is 2. The number of amides is 2. The Bertz CT molecular complexity index is 562. The van der Waals surface area contributed by atoms with E-state index in [9.17, 15) is 4.79 Å². The van der Waals surface area contributed by atoms with Gasteiger partial charge in [-0.1, -0.05) is 6.92 Å². The number of nitriles is 1. The van der Waals surface area contributed by atoms with Crippen molar-refractivity contribution < 1.29 is 4.79 Å². The molecule has 0 saturated carbocycles. The number of aromatic nitrogens is 1. The minimum atomic E-state index is -0.294. The molecular weight excluding hydrogens is 292 g/mol. The van der Waals surface area contributed by atoms with Gasteiger partial charge >= 0.3 is 6.03 Å². The van der Waals surface area contributed by atoms with Gasteiger partial charge in [0.1, 0.15) is 5.82 Å². The summed E-state index contributed by atoms with van der Waals surface area (Å²) in [4.78, 5) is 20.7. The highest BCUT2D eigenvalue weighted by atomic mass is 16.2. The van der Waals surface area contributed by atoms with Crippen molar-refractivity contribution in [3.63, 3.8) is 0 Å². The molecule has 1 atom stereocenters. The normalized spacial score (nSPS) is 17.3. The van der Waals surface area contributed by atoms with Crippen molar-refractivity contribution in [2.45, 2.75) is 6.92 Å². The highest BCUT2D eigenvalue weighted by Gasteiger charge is 2.16. The van der Waals surface area contributed by atoms with Gasteiger partial charge in [0, 0.05) is 45.5 Å². The maximum atomic E-state index is 11.9. The highest BCUT2D eigenvalue weighted by molar-refractivity contribution is 5.88. The second-order valence-electron chi connectivity index (χ2n) is 6.09. The molecule has 2 rings (SSSR count). The van der Waals surface area contributed by atoms with Crippen LogP contribution < -0.4 is 10.6 Å². The van der Waals surface area contributed by atoms with Gasteiger partial charge in [-0.15, -0.1) is 0 Å². The maximum Gasteiger partial charge on any atom is 0.320 e. The lowest BCUT2D eigenvalue weighted by Gasteiger charge is -2.33. The lowest BCUT2D eigenvalue weighted by Crippen LogP contribution is -2.47. The molecule has 0 aromatic carbocycles. The zero-order chi connectivity index (χ0) is 16.7. The van der Waals surface area contributed by atoms with Crippen LogP contribution in [0.1, 0.15) is 12.5 Å². The number of nitrogens with zero attached hydrogens (tertiary/aromatic N) is 4. The minimum Gasteiger partial charge on any atom is -0.338 e. The number of carbonyl (C=O) groups is 1. The summed E-state index contributed by atoms with van der Waals surface area (Å²) in [6.07, 6.45) is 1.50. The molecule has 1 aliphatic rings. The average molecular weight is 316 g/mol. The van der Waals surface area contributed by atoms with E-state index in [2.05, 4.69) is 39.4 Å². The highest BCUT2D eigenvalue weighted by Crippen LogP contribution is 2.06. The topological polar surface area (TPSA) is 84.3 Å². The molecule has 23 heavy (non-hydrogen) atoms. The van der Waals surface area contributed by atoms with E-state index >= 15 is 0 Å². The molecule has 1 aromatic rings. The number of piperazine rings is 1. The van der Waals surface area contributed by atoms with Gasteiger partial charge in [0.05, 0.1) is 11.6 Å². The first kappa shape index (κ1) is 17.2. The first-order valence-electron chi connectivity index (χ1n) is 7.88. The van der Waals surface area contributed by atoms with Crippen molar-refractivity contribution in [3.8, 4) is 6.07 Å². The second kappa shape index (κ2) is 8.46. The van der Waals surface area contributed by atoms with Crippen molar-refractivity contribution in [1.82, 2.24) is 20.1 Å². The zero-order valence-corrected chi connectivity index (χ0v) is 13.7. The van der Waals surface area contributed by atoms with E-state index < -0.39 is 0 Å². The number of anilines is 1. The van der Waals surface area contributed by atoms with E-state index in [4.69, 9.17) is 5.26 Å². The Hall–Kier alpha value is -2.17. The average Bonchev–Trinajstić information content (AvgIpc) is 2.55. The molecule has 7 heteroatoms. The number of hydrogen-bond donors (Lipinski definition) is 2. The van der Waals surface area contributed by atoms with E-state index in [1.165, 1.54) is 6.20 Å². The molecule has 7 nitrogen and oxygen atoms in total. The molecule has 124 valence electrons. The Kier molecular flexibility index (Phi) is 6.32. The van der Waals surface area contributed by atoms with Gasteiger partial charge in [-0.25, -0.2) is 9.78 Å². The van der Waals surface area contributed by atoms with Crippen LogP contribution in [0.5, 0.6) is 0 Å². The number of carbonyl (C=O) groups excluding carboxylic acids is 1. The second-order valence-corrected chi connectivity index (χ2v) is 6.09. The number of rotatable bonds is 5. The Balaban J connectivity index is 1.70. The molecule has 0 bridgehead atoms. The van der Waals surface area contributed by atoms with Crippen LogP contribution in [-0.2, 0) is 0 Å². The first-order valence-corrected chi connectivity index (χ1v) is 7.88. The van der Waals surface area contributed by atoms with Crippen LogP contribution >= 0.6 is 0 Å². The Morgan fingerprint density at radius 1 is 1.43 bits per heavy atom. The van der Waals surface area contributed by atoms with Crippen LogP contribution in [0.25, 0.3) is 0 Å². The molecule has 1 aromatic heterocycles. The summed E-state index contributed by atoms with van der Waals surface area (Å²) in [7, 11) is 2.14. The molecule has 1 fully saturated rings. The standard InChI is InChI=1S/C16H24N6O/c1-13(12-22-7-5-21(2)6-8-22)11-19-16(23)20-15-9-14(10-17)3-4-18-15/h3-4,9,13H,5-8,11-12H2,1-2H3,(H2,18,19,20,23). The van der Waals surface area contributed by atoms with Crippen molar-refractivity contribution in [2.75, 3.05) is 51.6 Å². The largest absolute Gasteiger partial charge is 0.338 e. The maximum absolute atomic E-state index is 11.9. The summed E-state index contributed by atoms with van der Waals surface area (Å²) in [5.74, 6) is 0.760. The fourth-order valence-electron chi connectivity index (χ4n) is 2.53. The Labute approximate surface area is 137 Å². The van der Waals surface area contributed by atoms with E-state index in [0.29, 0.717) is 23.8 Å². The quantitative estimate of drug-likeness (QED) is 0.845. The van der Waals surface area contributed by atoms with Gasteiger partial charge in [0.25, 0.3) is 0 Å². The molecule has 1 saturated heterocycles. The molecular formula is C16H24N6O. The fourth-order valence-corrected chi connectivity index (χ4v) is 2.53. The van der Waals surface area contributed by atoms with Crippen LogP contribution in [0.15, 0.2) is 18.3 Å². The third-order valence-corrected chi connectivity index (χ3v) is 3.91. The Morgan fingerprint density at radius 2 is 2.17 bits per heavy atom. The van der Waals surface area contributed by atoms with Crippen LogP contribution in [0, 0.1) is 17.2 Å². The monoisotopic (exact) mass is 316 g/mol.